The van der Waals surface area contributed by atoms with Crippen LogP contribution in [0.25, 0.3) is 0 Å². The fourth-order valence-electron chi connectivity index (χ4n) is 2.27. The van der Waals surface area contributed by atoms with Crippen molar-refractivity contribution in [1.29, 1.82) is 0 Å². The number of nitrogens with zero attached hydrogens (tertiary/aromatic N) is 1. The van der Waals surface area contributed by atoms with Crippen molar-refractivity contribution < 1.29 is 19.4 Å². The van der Waals surface area contributed by atoms with Crippen molar-refractivity contribution in [2.75, 3.05) is 13.2 Å². The van der Waals surface area contributed by atoms with Gasteiger partial charge in [0, 0.05) is 19.0 Å². The van der Waals surface area contributed by atoms with Crippen LogP contribution in [0.1, 0.15) is 45.4 Å². The number of carbonyl (C=O) groups excluding carboxylic acids is 1. The highest BCUT2D eigenvalue weighted by atomic mass is 16.5. The van der Waals surface area contributed by atoms with Crippen LogP contribution in [0.5, 0.6) is 0 Å². The lowest BCUT2D eigenvalue weighted by molar-refractivity contribution is -0.143. The Labute approximate surface area is 102 Å². The lowest BCUT2D eigenvalue weighted by Crippen LogP contribution is -2.42. The van der Waals surface area contributed by atoms with Crippen LogP contribution in [-0.2, 0) is 9.53 Å². The molecule has 5 nitrogen and oxygen atoms in total. The molecule has 1 N–H and O–H groups in total. The Morgan fingerprint density at radius 3 is 2.82 bits per heavy atom. The second-order valence-electron chi connectivity index (χ2n) is 4.32. The van der Waals surface area contributed by atoms with Crippen molar-refractivity contribution >= 4 is 12.1 Å². The first-order chi connectivity index (χ1) is 8.15. The molecular formula is C12H21NO4. The number of hydrogen-bond acceptors (Lipinski definition) is 3. The average Bonchev–Trinajstić information content (AvgIpc) is 2.30. The molecule has 5 heteroatoms. The maximum Gasteiger partial charge on any atom is 0.407 e. The van der Waals surface area contributed by atoms with Crippen molar-refractivity contribution in [3.05, 3.63) is 0 Å². The minimum absolute atomic E-state index is 0.0793. The Bertz CT molecular complexity index is 267. The monoisotopic (exact) mass is 243 g/mol. The van der Waals surface area contributed by atoms with Gasteiger partial charge in [0.25, 0.3) is 0 Å². The molecule has 1 saturated heterocycles. The molecule has 1 fully saturated rings. The zero-order valence-electron chi connectivity index (χ0n) is 10.4. The number of carbonyl (C=O) groups is 2. The van der Waals surface area contributed by atoms with Gasteiger partial charge in [0.05, 0.1) is 6.61 Å². The van der Waals surface area contributed by atoms with Crippen molar-refractivity contribution in [3.63, 3.8) is 0 Å². The summed E-state index contributed by atoms with van der Waals surface area (Å²) in [6.45, 7) is 2.81. The first-order valence-corrected chi connectivity index (χ1v) is 6.30. The minimum atomic E-state index is -0.842. The largest absolute Gasteiger partial charge is 0.466 e. The minimum Gasteiger partial charge on any atom is -0.466 e. The summed E-state index contributed by atoms with van der Waals surface area (Å²) in [5.74, 6) is -0.190. The number of piperidine rings is 1. The van der Waals surface area contributed by atoms with Gasteiger partial charge < -0.3 is 14.7 Å². The molecule has 98 valence electrons. The summed E-state index contributed by atoms with van der Waals surface area (Å²) in [5, 5.41) is 9.04. The Morgan fingerprint density at radius 2 is 2.18 bits per heavy atom. The van der Waals surface area contributed by atoms with E-state index in [4.69, 9.17) is 9.84 Å². The lowest BCUT2D eigenvalue weighted by Gasteiger charge is -2.33. The SMILES string of the molecule is CCOC(=O)CCCC1CCCCN1C(=O)O. The number of likely N-dealkylation sites (tertiary alicyclic amines) is 1. The van der Waals surface area contributed by atoms with Crippen LogP contribution in [0, 0.1) is 0 Å². The van der Waals surface area contributed by atoms with Gasteiger partial charge in [-0.3, -0.25) is 4.79 Å². The number of hydrogen-bond donors (Lipinski definition) is 1. The number of rotatable bonds is 5. The first kappa shape index (κ1) is 13.8. The van der Waals surface area contributed by atoms with E-state index in [1.54, 1.807) is 6.92 Å². The summed E-state index contributed by atoms with van der Waals surface area (Å²) in [7, 11) is 0. The summed E-state index contributed by atoms with van der Waals surface area (Å²) in [6.07, 6.45) is 3.94. The van der Waals surface area contributed by atoms with E-state index in [1.807, 2.05) is 0 Å². The van der Waals surface area contributed by atoms with Crippen LogP contribution in [0.4, 0.5) is 4.79 Å². The molecule has 1 atom stereocenters. The summed E-state index contributed by atoms with van der Waals surface area (Å²) >= 11 is 0. The third kappa shape index (κ3) is 4.63. The summed E-state index contributed by atoms with van der Waals surface area (Å²) in [4.78, 5) is 23.7. The number of esters is 1. The third-order valence-corrected chi connectivity index (χ3v) is 3.10. The van der Waals surface area contributed by atoms with Gasteiger partial charge >= 0.3 is 12.1 Å². The van der Waals surface area contributed by atoms with E-state index in [0.29, 0.717) is 26.0 Å². The van der Waals surface area contributed by atoms with E-state index in [-0.39, 0.29) is 12.0 Å². The van der Waals surface area contributed by atoms with Gasteiger partial charge in [-0.05, 0) is 39.0 Å². The zero-order chi connectivity index (χ0) is 12.7. The molecule has 1 aliphatic heterocycles. The van der Waals surface area contributed by atoms with Crippen LogP contribution in [-0.4, -0.2) is 41.3 Å². The Balaban J connectivity index is 2.28. The smallest absolute Gasteiger partial charge is 0.407 e. The van der Waals surface area contributed by atoms with Crippen molar-refractivity contribution in [3.8, 4) is 0 Å². The molecule has 0 aromatic carbocycles. The van der Waals surface area contributed by atoms with Crippen molar-refractivity contribution in [2.45, 2.75) is 51.5 Å². The standard InChI is InChI=1S/C12H21NO4/c1-2-17-11(14)8-5-7-10-6-3-4-9-13(10)12(15)16/h10H,2-9H2,1H3,(H,15,16). The highest BCUT2D eigenvalue weighted by Gasteiger charge is 2.25. The van der Waals surface area contributed by atoms with Gasteiger partial charge in [-0.15, -0.1) is 0 Å². The molecular weight excluding hydrogens is 222 g/mol. The quantitative estimate of drug-likeness (QED) is 0.752. The van der Waals surface area contributed by atoms with E-state index in [0.717, 1.165) is 25.7 Å². The first-order valence-electron chi connectivity index (χ1n) is 6.30. The summed E-state index contributed by atoms with van der Waals surface area (Å²) in [6, 6.07) is 0.0793. The van der Waals surface area contributed by atoms with Gasteiger partial charge in [0.1, 0.15) is 0 Å². The van der Waals surface area contributed by atoms with Gasteiger partial charge in [0.15, 0.2) is 0 Å². The second-order valence-corrected chi connectivity index (χ2v) is 4.32. The van der Waals surface area contributed by atoms with Crippen LogP contribution in [0.2, 0.25) is 0 Å². The van der Waals surface area contributed by atoms with Crippen molar-refractivity contribution in [2.24, 2.45) is 0 Å². The summed E-state index contributed by atoms with van der Waals surface area (Å²) in [5.41, 5.74) is 0. The van der Waals surface area contributed by atoms with E-state index in [2.05, 4.69) is 0 Å². The summed E-state index contributed by atoms with van der Waals surface area (Å²) < 4.78 is 4.84. The Morgan fingerprint density at radius 1 is 1.41 bits per heavy atom. The van der Waals surface area contributed by atoms with Gasteiger partial charge in [-0.25, -0.2) is 4.79 Å². The Kier molecular flexibility index (Phi) is 5.80. The molecule has 0 aromatic rings. The average molecular weight is 243 g/mol. The highest BCUT2D eigenvalue weighted by molar-refractivity contribution is 5.69. The van der Waals surface area contributed by atoms with Gasteiger partial charge in [0.2, 0.25) is 0 Å². The van der Waals surface area contributed by atoms with Crippen molar-refractivity contribution in [1.82, 2.24) is 4.90 Å². The lowest BCUT2D eigenvalue weighted by atomic mass is 9.98. The van der Waals surface area contributed by atoms with E-state index in [1.165, 1.54) is 4.90 Å². The van der Waals surface area contributed by atoms with Crippen LogP contribution in [0.15, 0.2) is 0 Å². The molecule has 1 amide bonds. The molecule has 0 saturated carbocycles. The number of carboxylic acid groups (broad SMARTS) is 1. The fraction of sp³-hybridized carbons (Fsp3) is 0.833. The van der Waals surface area contributed by atoms with E-state index in [9.17, 15) is 9.59 Å². The highest BCUT2D eigenvalue weighted by Crippen LogP contribution is 2.21. The molecule has 0 aromatic heterocycles. The van der Waals surface area contributed by atoms with E-state index < -0.39 is 6.09 Å². The normalized spacial score (nSPS) is 20.1. The second kappa shape index (κ2) is 7.14. The predicted octanol–water partition coefficient (Wildman–Crippen LogP) is 2.25. The molecule has 1 heterocycles. The predicted molar refractivity (Wildman–Crippen MR) is 62.9 cm³/mol. The maximum atomic E-state index is 11.1. The Hall–Kier alpha value is -1.26. The van der Waals surface area contributed by atoms with Gasteiger partial charge in [-0.2, -0.15) is 0 Å². The fourth-order valence-corrected chi connectivity index (χ4v) is 2.27. The molecule has 0 aliphatic carbocycles. The maximum absolute atomic E-state index is 11.1. The molecule has 0 radical (unpaired) electrons. The molecule has 1 unspecified atom stereocenters. The van der Waals surface area contributed by atoms with E-state index >= 15 is 0 Å². The molecule has 1 aliphatic rings. The van der Waals surface area contributed by atoms with Crippen LogP contribution in [0.3, 0.4) is 0 Å². The number of ether oxygens (including phenoxy) is 1. The third-order valence-electron chi connectivity index (χ3n) is 3.10. The topological polar surface area (TPSA) is 66.8 Å². The van der Waals surface area contributed by atoms with Gasteiger partial charge in [-0.1, -0.05) is 0 Å². The number of amides is 1. The molecule has 0 spiro atoms. The van der Waals surface area contributed by atoms with Crippen LogP contribution < -0.4 is 0 Å². The molecule has 1 rings (SSSR count). The van der Waals surface area contributed by atoms with Crippen LogP contribution >= 0.6 is 0 Å². The zero-order valence-corrected chi connectivity index (χ0v) is 10.4. The molecule has 0 bridgehead atoms. The molecule has 17 heavy (non-hydrogen) atoms.